The molecule has 0 spiro atoms. The van der Waals surface area contributed by atoms with Crippen molar-refractivity contribution >= 4 is 11.8 Å². The van der Waals surface area contributed by atoms with Crippen LogP contribution in [0.25, 0.3) is 0 Å². The molecule has 0 radical (unpaired) electrons. The lowest BCUT2D eigenvalue weighted by atomic mass is 9.87. The standard InChI is InChI=1S/C19H33N3O2/c1-15-4-6-17(7-5-15)20-18(23)14-21-12-8-16(9-13-21)19(24)22-10-2-3-11-22/h15-17H,2-14H2,1H3,(H,20,23). The van der Waals surface area contributed by atoms with E-state index in [0.717, 1.165) is 70.6 Å². The fourth-order valence-corrected chi connectivity index (χ4v) is 4.41. The minimum atomic E-state index is 0.166. The van der Waals surface area contributed by atoms with E-state index in [1.807, 2.05) is 4.90 Å². The first-order valence-corrected chi connectivity index (χ1v) is 9.92. The van der Waals surface area contributed by atoms with Crippen molar-refractivity contribution in [1.82, 2.24) is 15.1 Å². The van der Waals surface area contributed by atoms with Crippen molar-refractivity contribution in [3.05, 3.63) is 0 Å². The zero-order chi connectivity index (χ0) is 16.9. The highest BCUT2D eigenvalue weighted by atomic mass is 16.2. The molecule has 2 heterocycles. The topological polar surface area (TPSA) is 52.7 Å². The highest BCUT2D eigenvalue weighted by Gasteiger charge is 2.30. The van der Waals surface area contributed by atoms with Crippen LogP contribution in [0, 0.1) is 11.8 Å². The molecule has 3 rings (SSSR count). The van der Waals surface area contributed by atoms with Gasteiger partial charge < -0.3 is 10.2 Å². The molecule has 0 aromatic heterocycles. The predicted octanol–water partition coefficient (Wildman–Crippen LogP) is 2.02. The van der Waals surface area contributed by atoms with Crippen molar-refractivity contribution in [2.45, 2.75) is 64.3 Å². The largest absolute Gasteiger partial charge is 0.352 e. The van der Waals surface area contributed by atoms with Gasteiger partial charge in [-0.15, -0.1) is 0 Å². The van der Waals surface area contributed by atoms with Gasteiger partial charge >= 0.3 is 0 Å². The molecule has 0 aromatic rings. The predicted molar refractivity (Wildman–Crippen MR) is 94.5 cm³/mol. The lowest BCUT2D eigenvalue weighted by molar-refractivity contribution is -0.136. The molecule has 0 aromatic carbocycles. The Kier molecular flexibility index (Phi) is 6.14. The lowest BCUT2D eigenvalue weighted by Gasteiger charge is -2.33. The molecule has 2 aliphatic heterocycles. The SMILES string of the molecule is CC1CCC(NC(=O)CN2CCC(C(=O)N3CCCC3)CC2)CC1. The first-order chi connectivity index (χ1) is 11.6. The molecule has 0 atom stereocenters. The van der Waals surface area contributed by atoms with E-state index in [-0.39, 0.29) is 11.8 Å². The molecular weight excluding hydrogens is 302 g/mol. The second-order valence-corrected chi connectivity index (χ2v) is 8.11. The Bertz CT molecular complexity index is 432. The minimum absolute atomic E-state index is 0.166. The second kappa shape index (κ2) is 8.32. The van der Waals surface area contributed by atoms with Gasteiger partial charge in [0, 0.05) is 25.0 Å². The van der Waals surface area contributed by atoms with Crippen molar-refractivity contribution in [3.63, 3.8) is 0 Å². The third kappa shape index (κ3) is 4.71. The maximum Gasteiger partial charge on any atom is 0.234 e. The Hall–Kier alpha value is -1.10. The van der Waals surface area contributed by atoms with Crippen LogP contribution in [-0.4, -0.2) is 60.4 Å². The third-order valence-electron chi connectivity index (χ3n) is 6.10. The molecule has 2 amide bonds. The Labute approximate surface area is 146 Å². The summed E-state index contributed by atoms with van der Waals surface area (Å²) in [5.74, 6) is 1.51. The number of rotatable bonds is 4. The molecule has 5 nitrogen and oxygen atoms in total. The van der Waals surface area contributed by atoms with Crippen LogP contribution in [0.3, 0.4) is 0 Å². The monoisotopic (exact) mass is 335 g/mol. The summed E-state index contributed by atoms with van der Waals surface area (Å²) in [5.41, 5.74) is 0. The van der Waals surface area contributed by atoms with Gasteiger partial charge in [0.05, 0.1) is 6.54 Å². The smallest absolute Gasteiger partial charge is 0.234 e. The first kappa shape index (κ1) is 17.7. The van der Waals surface area contributed by atoms with E-state index in [4.69, 9.17) is 0 Å². The van der Waals surface area contributed by atoms with Crippen molar-refractivity contribution in [1.29, 1.82) is 0 Å². The molecule has 2 saturated heterocycles. The average Bonchev–Trinajstić information content (AvgIpc) is 3.11. The molecule has 1 N–H and O–H groups in total. The summed E-state index contributed by atoms with van der Waals surface area (Å²) in [5, 5.41) is 3.21. The number of hydrogen-bond donors (Lipinski definition) is 1. The van der Waals surface area contributed by atoms with Gasteiger partial charge in [0.2, 0.25) is 11.8 Å². The van der Waals surface area contributed by atoms with Gasteiger partial charge in [0.15, 0.2) is 0 Å². The summed E-state index contributed by atoms with van der Waals surface area (Å²) in [4.78, 5) is 29.0. The van der Waals surface area contributed by atoms with Gasteiger partial charge in [-0.2, -0.15) is 0 Å². The van der Waals surface area contributed by atoms with Crippen molar-refractivity contribution in [3.8, 4) is 0 Å². The number of piperidine rings is 1. The van der Waals surface area contributed by atoms with E-state index in [2.05, 4.69) is 17.1 Å². The van der Waals surface area contributed by atoms with Crippen LogP contribution in [0.4, 0.5) is 0 Å². The Balaban J connectivity index is 1.35. The van der Waals surface area contributed by atoms with Gasteiger partial charge in [0.25, 0.3) is 0 Å². The maximum absolute atomic E-state index is 12.4. The second-order valence-electron chi connectivity index (χ2n) is 8.11. The fourth-order valence-electron chi connectivity index (χ4n) is 4.41. The number of nitrogens with one attached hydrogen (secondary N) is 1. The number of carbonyl (C=O) groups excluding carboxylic acids is 2. The molecule has 1 aliphatic carbocycles. The van der Waals surface area contributed by atoms with Crippen LogP contribution in [0.15, 0.2) is 0 Å². The minimum Gasteiger partial charge on any atom is -0.352 e. The average molecular weight is 335 g/mol. The zero-order valence-electron chi connectivity index (χ0n) is 15.1. The Morgan fingerprint density at radius 1 is 0.917 bits per heavy atom. The fraction of sp³-hybridized carbons (Fsp3) is 0.895. The molecule has 0 unspecified atom stereocenters. The molecule has 3 aliphatic rings. The number of likely N-dealkylation sites (tertiary alicyclic amines) is 2. The van der Waals surface area contributed by atoms with Crippen molar-refractivity contribution in [2.24, 2.45) is 11.8 Å². The highest BCUT2D eigenvalue weighted by molar-refractivity contribution is 5.80. The van der Waals surface area contributed by atoms with E-state index in [1.165, 1.54) is 12.8 Å². The summed E-state index contributed by atoms with van der Waals surface area (Å²) < 4.78 is 0. The Morgan fingerprint density at radius 2 is 1.54 bits per heavy atom. The van der Waals surface area contributed by atoms with Crippen LogP contribution in [0.5, 0.6) is 0 Å². The number of amides is 2. The molecular formula is C19H33N3O2. The molecule has 136 valence electrons. The van der Waals surface area contributed by atoms with Crippen molar-refractivity contribution < 1.29 is 9.59 Å². The summed E-state index contributed by atoms with van der Waals surface area (Å²) in [7, 11) is 0. The quantitative estimate of drug-likeness (QED) is 0.855. The maximum atomic E-state index is 12.4. The Morgan fingerprint density at radius 3 is 2.17 bits per heavy atom. The summed E-state index contributed by atoms with van der Waals surface area (Å²) in [6.07, 6.45) is 8.84. The van der Waals surface area contributed by atoms with Gasteiger partial charge in [-0.25, -0.2) is 0 Å². The normalized spacial score (nSPS) is 29.6. The van der Waals surface area contributed by atoms with Gasteiger partial charge in [-0.05, 0) is 70.4 Å². The van der Waals surface area contributed by atoms with E-state index in [0.29, 0.717) is 18.5 Å². The third-order valence-corrected chi connectivity index (χ3v) is 6.10. The van der Waals surface area contributed by atoms with Gasteiger partial charge in [-0.3, -0.25) is 14.5 Å². The lowest BCUT2D eigenvalue weighted by Crippen LogP contribution is -2.47. The van der Waals surface area contributed by atoms with Crippen LogP contribution in [0.1, 0.15) is 58.3 Å². The number of carbonyl (C=O) groups is 2. The van der Waals surface area contributed by atoms with E-state index in [9.17, 15) is 9.59 Å². The van der Waals surface area contributed by atoms with Crippen LogP contribution in [0.2, 0.25) is 0 Å². The summed E-state index contributed by atoms with van der Waals surface area (Å²) in [6.45, 7) is 6.43. The molecule has 3 fully saturated rings. The first-order valence-electron chi connectivity index (χ1n) is 9.92. The van der Waals surface area contributed by atoms with Crippen LogP contribution in [-0.2, 0) is 9.59 Å². The van der Waals surface area contributed by atoms with Crippen LogP contribution < -0.4 is 5.32 Å². The van der Waals surface area contributed by atoms with E-state index in [1.54, 1.807) is 0 Å². The van der Waals surface area contributed by atoms with Gasteiger partial charge in [0.1, 0.15) is 0 Å². The number of hydrogen-bond acceptors (Lipinski definition) is 3. The highest BCUT2D eigenvalue weighted by Crippen LogP contribution is 2.24. The zero-order valence-corrected chi connectivity index (χ0v) is 15.1. The molecule has 1 saturated carbocycles. The molecule has 5 heteroatoms. The molecule has 24 heavy (non-hydrogen) atoms. The summed E-state index contributed by atoms with van der Waals surface area (Å²) in [6, 6.07) is 0.378. The van der Waals surface area contributed by atoms with Gasteiger partial charge in [-0.1, -0.05) is 6.92 Å². The number of nitrogens with zero attached hydrogens (tertiary/aromatic N) is 2. The van der Waals surface area contributed by atoms with Crippen LogP contribution >= 0.6 is 0 Å². The van der Waals surface area contributed by atoms with E-state index >= 15 is 0 Å². The molecule has 0 bridgehead atoms. The summed E-state index contributed by atoms with van der Waals surface area (Å²) >= 11 is 0. The van der Waals surface area contributed by atoms with Crippen molar-refractivity contribution in [2.75, 3.05) is 32.7 Å². The van der Waals surface area contributed by atoms with E-state index < -0.39 is 0 Å².